The van der Waals surface area contributed by atoms with Crippen LogP contribution >= 0.6 is 0 Å². The van der Waals surface area contributed by atoms with Gasteiger partial charge < -0.3 is 14.4 Å². The van der Waals surface area contributed by atoms with E-state index in [9.17, 15) is 4.79 Å². The van der Waals surface area contributed by atoms with Crippen LogP contribution in [0.5, 0.6) is 5.75 Å². The molecule has 0 saturated carbocycles. The van der Waals surface area contributed by atoms with Crippen LogP contribution in [0.25, 0.3) is 0 Å². The number of benzene rings is 1. The third kappa shape index (κ3) is 4.04. The molecule has 0 bridgehead atoms. The number of nitrogens with zero attached hydrogens (tertiary/aromatic N) is 1. The highest BCUT2D eigenvalue weighted by Crippen LogP contribution is 2.12. The number of piperidine rings is 1. The minimum atomic E-state index is -0.292. The normalized spacial score (nSPS) is 20.4. The first-order valence-electron chi connectivity index (χ1n) is 6.30. The van der Waals surface area contributed by atoms with E-state index in [2.05, 4.69) is 4.90 Å². The van der Waals surface area contributed by atoms with Crippen molar-refractivity contribution in [1.82, 2.24) is 4.90 Å². The third-order valence-corrected chi connectivity index (χ3v) is 2.98. The van der Waals surface area contributed by atoms with Gasteiger partial charge in [-0.1, -0.05) is 18.2 Å². The van der Waals surface area contributed by atoms with Gasteiger partial charge in [-0.15, -0.1) is 0 Å². The van der Waals surface area contributed by atoms with Crippen LogP contribution in [-0.2, 0) is 9.53 Å². The Labute approximate surface area is 107 Å². The van der Waals surface area contributed by atoms with Gasteiger partial charge in [-0.05, 0) is 38.6 Å². The lowest BCUT2D eigenvalue weighted by Crippen LogP contribution is -2.38. The van der Waals surface area contributed by atoms with Gasteiger partial charge in [0.2, 0.25) is 0 Å². The minimum Gasteiger partial charge on any atom is -0.482 e. The Hall–Kier alpha value is -1.55. The van der Waals surface area contributed by atoms with Crippen molar-refractivity contribution < 1.29 is 14.3 Å². The van der Waals surface area contributed by atoms with Gasteiger partial charge in [-0.2, -0.15) is 0 Å². The molecule has 0 aromatic heterocycles. The summed E-state index contributed by atoms with van der Waals surface area (Å²) in [5.41, 5.74) is 0. The third-order valence-electron chi connectivity index (χ3n) is 2.98. The zero-order valence-electron chi connectivity index (χ0n) is 10.7. The quantitative estimate of drug-likeness (QED) is 0.761. The van der Waals surface area contributed by atoms with Crippen LogP contribution in [0.3, 0.4) is 0 Å². The highest BCUT2D eigenvalue weighted by molar-refractivity contribution is 5.71. The lowest BCUT2D eigenvalue weighted by atomic mass is 10.1. The predicted octanol–water partition coefficient (Wildman–Crippen LogP) is 1.70. The molecule has 1 fully saturated rings. The first-order valence-corrected chi connectivity index (χ1v) is 6.30. The van der Waals surface area contributed by atoms with Crippen molar-refractivity contribution in [2.24, 2.45) is 0 Å². The average molecular weight is 249 g/mol. The zero-order chi connectivity index (χ0) is 12.8. The Balaban J connectivity index is 1.72. The van der Waals surface area contributed by atoms with E-state index in [1.807, 2.05) is 37.4 Å². The van der Waals surface area contributed by atoms with Crippen molar-refractivity contribution in [2.75, 3.05) is 26.7 Å². The zero-order valence-corrected chi connectivity index (χ0v) is 10.7. The van der Waals surface area contributed by atoms with Crippen LogP contribution < -0.4 is 4.74 Å². The number of likely N-dealkylation sites (N-methyl/N-ethyl adjacent to an activating group) is 1. The van der Waals surface area contributed by atoms with Gasteiger partial charge in [-0.25, -0.2) is 4.79 Å². The van der Waals surface area contributed by atoms with Crippen LogP contribution in [0.15, 0.2) is 30.3 Å². The van der Waals surface area contributed by atoms with E-state index >= 15 is 0 Å². The summed E-state index contributed by atoms with van der Waals surface area (Å²) in [5, 5.41) is 0. The van der Waals surface area contributed by atoms with Gasteiger partial charge in [-0.3, -0.25) is 0 Å². The Morgan fingerprint density at radius 1 is 1.39 bits per heavy atom. The predicted molar refractivity (Wildman–Crippen MR) is 68.5 cm³/mol. The Morgan fingerprint density at radius 3 is 2.89 bits per heavy atom. The minimum absolute atomic E-state index is 0.00984. The summed E-state index contributed by atoms with van der Waals surface area (Å²) in [5.74, 6) is 0.398. The summed E-state index contributed by atoms with van der Waals surface area (Å²) < 4.78 is 10.7. The van der Waals surface area contributed by atoms with Crippen molar-refractivity contribution in [3.05, 3.63) is 30.3 Å². The monoisotopic (exact) mass is 249 g/mol. The van der Waals surface area contributed by atoms with Gasteiger partial charge in [0.05, 0.1) is 0 Å². The number of para-hydroxylation sites is 1. The van der Waals surface area contributed by atoms with Crippen LogP contribution in [0.2, 0.25) is 0 Å². The fourth-order valence-corrected chi connectivity index (χ4v) is 2.09. The molecule has 4 nitrogen and oxygen atoms in total. The second-order valence-corrected chi connectivity index (χ2v) is 4.62. The summed E-state index contributed by atoms with van der Waals surface area (Å²) in [4.78, 5) is 13.8. The van der Waals surface area contributed by atoms with E-state index in [0.29, 0.717) is 5.75 Å². The molecule has 1 saturated heterocycles. The summed E-state index contributed by atoms with van der Waals surface area (Å²) >= 11 is 0. The summed E-state index contributed by atoms with van der Waals surface area (Å²) in [6.07, 6.45) is 2.03. The molecule has 0 unspecified atom stereocenters. The molecule has 0 spiro atoms. The van der Waals surface area contributed by atoms with Gasteiger partial charge in [0.1, 0.15) is 11.9 Å². The molecule has 1 atom stereocenters. The van der Waals surface area contributed by atoms with E-state index in [1.165, 1.54) is 0 Å². The number of hydrogen-bond acceptors (Lipinski definition) is 4. The molecule has 2 rings (SSSR count). The molecule has 18 heavy (non-hydrogen) atoms. The molecule has 0 aliphatic carbocycles. The SMILES string of the molecule is CN1CCC[C@H](OC(=O)COc2ccccc2)C1. The number of likely N-dealkylation sites (tertiary alicyclic amines) is 1. The maximum Gasteiger partial charge on any atom is 0.344 e. The molecule has 1 aromatic carbocycles. The van der Waals surface area contributed by atoms with Crippen LogP contribution in [-0.4, -0.2) is 43.7 Å². The smallest absolute Gasteiger partial charge is 0.344 e. The molecule has 1 aliphatic rings. The van der Waals surface area contributed by atoms with Crippen LogP contribution in [0.4, 0.5) is 0 Å². The van der Waals surface area contributed by atoms with E-state index in [1.54, 1.807) is 0 Å². The molecule has 1 aliphatic heterocycles. The Bertz CT molecular complexity index is 380. The molecule has 4 heteroatoms. The van der Waals surface area contributed by atoms with Crippen LogP contribution in [0, 0.1) is 0 Å². The maximum atomic E-state index is 11.6. The van der Waals surface area contributed by atoms with E-state index in [0.717, 1.165) is 25.9 Å². The van der Waals surface area contributed by atoms with Crippen molar-refractivity contribution >= 4 is 5.97 Å². The summed E-state index contributed by atoms with van der Waals surface area (Å²) in [6.45, 7) is 1.87. The highest BCUT2D eigenvalue weighted by Gasteiger charge is 2.20. The van der Waals surface area contributed by atoms with Gasteiger partial charge >= 0.3 is 5.97 Å². The molecule has 98 valence electrons. The molecule has 0 N–H and O–H groups in total. The Morgan fingerprint density at radius 2 is 2.17 bits per heavy atom. The topological polar surface area (TPSA) is 38.8 Å². The Kier molecular flexibility index (Phi) is 4.59. The molecule has 0 radical (unpaired) electrons. The van der Waals surface area contributed by atoms with Crippen molar-refractivity contribution in [1.29, 1.82) is 0 Å². The number of carbonyl (C=O) groups is 1. The lowest BCUT2D eigenvalue weighted by Gasteiger charge is -2.29. The number of ether oxygens (including phenoxy) is 2. The van der Waals surface area contributed by atoms with E-state index < -0.39 is 0 Å². The number of carbonyl (C=O) groups excluding carboxylic acids is 1. The molecular formula is C14H19NO3. The summed E-state index contributed by atoms with van der Waals surface area (Å²) in [6, 6.07) is 9.29. The molecule has 1 heterocycles. The molecular weight excluding hydrogens is 230 g/mol. The van der Waals surface area contributed by atoms with Gasteiger partial charge in [0.25, 0.3) is 0 Å². The lowest BCUT2D eigenvalue weighted by molar-refractivity contribution is -0.153. The fraction of sp³-hybridized carbons (Fsp3) is 0.500. The van der Waals surface area contributed by atoms with Crippen molar-refractivity contribution in [2.45, 2.75) is 18.9 Å². The highest BCUT2D eigenvalue weighted by atomic mass is 16.6. The summed E-state index contributed by atoms with van der Waals surface area (Å²) in [7, 11) is 2.04. The van der Waals surface area contributed by atoms with Gasteiger partial charge in [0, 0.05) is 6.54 Å². The second-order valence-electron chi connectivity index (χ2n) is 4.62. The number of hydrogen-bond donors (Lipinski definition) is 0. The number of rotatable bonds is 4. The molecule has 1 aromatic rings. The first kappa shape index (κ1) is 12.9. The second kappa shape index (κ2) is 6.40. The average Bonchev–Trinajstić information content (AvgIpc) is 2.38. The first-order chi connectivity index (χ1) is 8.74. The number of esters is 1. The van der Waals surface area contributed by atoms with Crippen molar-refractivity contribution in [3.8, 4) is 5.75 Å². The largest absolute Gasteiger partial charge is 0.482 e. The molecule has 0 amide bonds. The van der Waals surface area contributed by atoms with Gasteiger partial charge in [0.15, 0.2) is 6.61 Å². The maximum absolute atomic E-state index is 11.6. The van der Waals surface area contributed by atoms with E-state index in [4.69, 9.17) is 9.47 Å². The standard InChI is InChI=1S/C14H19NO3/c1-15-9-5-8-13(10-15)18-14(16)11-17-12-6-3-2-4-7-12/h2-4,6-7,13H,5,8-11H2,1H3/t13-/m0/s1. The fourth-order valence-electron chi connectivity index (χ4n) is 2.09. The van der Waals surface area contributed by atoms with E-state index in [-0.39, 0.29) is 18.7 Å². The van der Waals surface area contributed by atoms with Crippen LogP contribution in [0.1, 0.15) is 12.8 Å². The van der Waals surface area contributed by atoms with Crippen molar-refractivity contribution in [3.63, 3.8) is 0 Å².